The number of piperidine rings is 1. The summed E-state index contributed by atoms with van der Waals surface area (Å²) in [6.07, 6.45) is 8.49. The van der Waals surface area contributed by atoms with E-state index in [9.17, 15) is 4.79 Å². The van der Waals surface area contributed by atoms with Crippen molar-refractivity contribution in [3.63, 3.8) is 0 Å². The van der Waals surface area contributed by atoms with Gasteiger partial charge in [-0.25, -0.2) is 4.90 Å². The molecule has 0 aromatic rings. The second-order valence-electron chi connectivity index (χ2n) is 11.5. The number of carbonyl (C=O) groups excluding carboxylic acids is 1. The van der Waals surface area contributed by atoms with Crippen molar-refractivity contribution >= 4 is 5.97 Å². The van der Waals surface area contributed by atoms with E-state index in [4.69, 9.17) is 14.2 Å². The van der Waals surface area contributed by atoms with Gasteiger partial charge in [0.05, 0.1) is 6.61 Å². The Labute approximate surface area is 173 Å². The fourth-order valence-electron chi connectivity index (χ4n) is 10.1. The molecule has 4 saturated heterocycles. The van der Waals surface area contributed by atoms with Crippen molar-refractivity contribution in [1.29, 1.82) is 0 Å². The molecule has 5 nitrogen and oxygen atoms in total. The van der Waals surface area contributed by atoms with E-state index in [-0.39, 0.29) is 46.9 Å². The maximum Gasteiger partial charge on any atom is 0.303 e. The van der Waals surface area contributed by atoms with Gasteiger partial charge in [0.25, 0.3) is 0 Å². The zero-order valence-corrected chi connectivity index (χ0v) is 17.7. The van der Waals surface area contributed by atoms with Crippen molar-refractivity contribution in [3.8, 4) is 0 Å². The van der Waals surface area contributed by atoms with E-state index in [0.29, 0.717) is 17.8 Å². The zero-order valence-electron chi connectivity index (χ0n) is 17.7. The maximum absolute atomic E-state index is 12.3. The number of carbonyl (C=O) groups is 1. The van der Waals surface area contributed by atoms with Crippen LogP contribution in [0.1, 0.15) is 58.8 Å². The lowest BCUT2D eigenvalue weighted by molar-refractivity contribution is -0.438. The topological polar surface area (TPSA) is 48.0 Å². The molecule has 9 fully saturated rings. The predicted octanol–water partition coefficient (Wildman–Crippen LogP) is 3.48. The van der Waals surface area contributed by atoms with Gasteiger partial charge >= 0.3 is 5.97 Å². The summed E-state index contributed by atoms with van der Waals surface area (Å²) in [6, 6.07) is 0. The lowest BCUT2D eigenvalue weighted by Gasteiger charge is -2.80. The van der Waals surface area contributed by atoms with Crippen LogP contribution in [0.15, 0.2) is 12.2 Å². The highest BCUT2D eigenvalue weighted by Crippen LogP contribution is 2.79. The minimum absolute atomic E-state index is 0.00486. The first kappa shape index (κ1) is 17.7. The molecule has 29 heavy (non-hydrogen) atoms. The molecule has 7 bridgehead atoms. The van der Waals surface area contributed by atoms with Crippen LogP contribution in [0.25, 0.3) is 0 Å². The minimum Gasteiger partial charge on any atom is -0.459 e. The Morgan fingerprint density at radius 3 is 2.93 bits per heavy atom. The van der Waals surface area contributed by atoms with Crippen molar-refractivity contribution in [2.75, 3.05) is 13.2 Å². The fraction of sp³-hybridized carbons (Fsp3) is 0.875. The lowest BCUT2D eigenvalue weighted by atomic mass is 9.32. The van der Waals surface area contributed by atoms with Crippen LogP contribution in [0.5, 0.6) is 0 Å². The van der Waals surface area contributed by atoms with Gasteiger partial charge in [0.15, 0.2) is 0 Å². The van der Waals surface area contributed by atoms with Crippen LogP contribution in [0.4, 0.5) is 0 Å². The number of hydrogen-bond acceptors (Lipinski definition) is 5. The average molecular weight is 400 g/mol. The van der Waals surface area contributed by atoms with Gasteiger partial charge in [-0.05, 0) is 50.4 Å². The first-order chi connectivity index (χ1) is 13.9. The van der Waals surface area contributed by atoms with Gasteiger partial charge in [0.2, 0.25) is 0 Å². The molecular formula is C24H33NO4. The number of rotatable bonds is 1. The van der Waals surface area contributed by atoms with Crippen LogP contribution in [-0.4, -0.2) is 48.7 Å². The predicted molar refractivity (Wildman–Crippen MR) is 106 cm³/mol. The van der Waals surface area contributed by atoms with E-state index < -0.39 is 0 Å². The largest absolute Gasteiger partial charge is 0.459 e. The van der Waals surface area contributed by atoms with Gasteiger partial charge in [-0.2, -0.15) is 0 Å². The molecule has 1 unspecified atom stereocenters. The Balaban J connectivity index is 1.47. The molecule has 0 N–H and O–H groups in total. The van der Waals surface area contributed by atoms with Gasteiger partial charge < -0.3 is 14.2 Å². The molecule has 9 aliphatic rings. The highest BCUT2D eigenvalue weighted by Gasteiger charge is 2.82. The molecule has 158 valence electrons. The highest BCUT2D eigenvalue weighted by atomic mass is 16.6. The van der Waals surface area contributed by atoms with Crippen LogP contribution in [0.2, 0.25) is 0 Å². The summed E-state index contributed by atoms with van der Waals surface area (Å²) in [4.78, 5) is 14.9. The fourth-order valence-corrected chi connectivity index (χ4v) is 10.1. The third-order valence-electron chi connectivity index (χ3n) is 10.6. The third kappa shape index (κ3) is 1.77. The van der Waals surface area contributed by atoms with Crippen LogP contribution in [-0.2, 0) is 19.0 Å². The van der Waals surface area contributed by atoms with Crippen molar-refractivity contribution in [3.05, 3.63) is 12.2 Å². The number of hydrogen-bond donors (Lipinski definition) is 0. The summed E-state index contributed by atoms with van der Waals surface area (Å²) in [5.41, 5.74) is 1.66. The lowest BCUT2D eigenvalue weighted by Crippen LogP contribution is -2.85. The SMILES string of the molecule is C=C1C[C@@]23CC[C@H]1C[C@H]2[C@@]12CCC[C@@]4(C)[C@@H]5OCCN5C1O[C@@H]3[C@@H](OC(C)=O)[C@H]42. The first-order valence-electron chi connectivity index (χ1n) is 11.8. The molecule has 10 atom stereocenters. The van der Waals surface area contributed by atoms with Gasteiger partial charge in [-0.15, -0.1) is 0 Å². The third-order valence-corrected chi connectivity index (χ3v) is 10.6. The van der Waals surface area contributed by atoms with E-state index in [1.165, 1.54) is 37.7 Å². The molecule has 0 aromatic carbocycles. The van der Waals surface area contributed by atoms with Crippen molar-refractivity contribution < 1.29 is 19.0 Å². The molecule has 4 aliphatic heterocycles. The molecule has 9 rings (SSSR count). The number of nitrogens with zero attached hydrogens (tertiary/aromatic N) is 1. The van der Waals surface area contributed by atoms with E-state index in [1.54, 1.807) is 6.92 Å². The van der Waals surface area contributed by atoms with Crippen LogP contribution in [0, 0.1) is 34.0 Å². The molecular weight excluding hydrogens is 366 g/mol. The molecule has 5 aliphatic carbocycles. The smallest absolute Gasteiger partial charge is 0.303 e. The molecule has 5 heteroatoms. The Morgan fingerprint density at radius 2 is 2.14 bits per heavy atom. The van der Waals surface area contributed by atoms with Gasteiger partial charge in [0.1, 0.15) is 24.7 Å². The summed E-state index contributed by atoms with van der Waals surface area (Å²) >= 11 is 0. The average Bonchev–Trinajstić information content (AvgIpc) is 3.17. The van der Waals surface area contributed by atoms with Crippen molar-refractivity contribution in [2.24, 2.45) is 34.0 Å². The molecule has 0 radical (unpaired) electrons. The Bertz CT molecular complexity index is 813. The Hall–Kier alpha value is -0.910. The highest BCUT2D eigenvalue weighted by molar-refractivity contribution is 5.66. The number of allylic oxidation sites excluding steroid dienone is 1. The van der Waals surface area contributed by atoms with E-state index in [1.807, 2.05) is 0 Å². The summed E-state index contributed by atoms with van der Waals surface area (Å²) in [5.74, 6) is 1.54. The normalized spacial score (nSPS) is 59.4. The molecule has 5 saturated carbocycles. The van der Waals surface area contributed by atoms with Crippen molar-refractivity contribution in [2.45, 2.75) is 83.5 Å². The summed E-state index contributed by atoms with van der Waals surface area (Å²) < 4.78 is 19.6. The quantitative estimate of drug-likeness (QED) is 0.499. The molecule has 0 amide bonds. The van der Waals surface area contributed by atoms with Crippen LogP contribution in [0.3, 0.4) is 0 Å². The van der Waals surface area contributed by atoms with Gasteiger partial charge in [-0.1, -0.05) is 25.5 Å². The zero-order chi connectivity index (χ0) is 19.8. The summed E-state index contributed by atoms with van der Waals surface area (Å²) in [6.45, 7) is 10.2. The number of ether oxygens (including phenoxy) is 3. The van der Waals surface area contributed by atoms with Crippen LogP contribution < -0.4 is 0 Å². The van der Waals surface area contributed by atoms with Crippen molar-refractivity contribution in [1.82, 2.24) is 4.90 Å². The summed E-state index contributed by atoms with van der Waals surface area (Å²) in [5, 5.41) is 0. The van der Waals surface area contributed by atoms with E-state index in [2.05, 4.69) is 18.4 Å². The summed E-state index contributed by atoms with van der Waals surface area (Å²) in [7, 11) is 0. The second-order valence-corrected chi connectivity index (χ2v) is 11.5. The van der Waals surface area contributed by atoms with E-state index in [0.717, 1.165) is 26.0 Å². The Morgan fingerprint density at radius 1 is 1.28 bits per heavy atom. The minimum atomic E-state index is -0.160. The van der Waals surface area contributed by atoms with Gasteiger partial charge in [0, 0.05) is 35.6 Å². The number of esters is 1. The first-order valence-corrected chi connectivity index (χ1v) is 11.8. The maximum atomic E-state index is 12.3. The molecule has 2 spiro atoms. The standard InChI is InChI=1S/C24H33NO4/c1-13-12-23-8-5-15(13)11-16(23)24-7-4-6-22(3)18(24)17(28-14(2)26)19(23)29-21(24)25-9-10-27-20(22)25/h15-21H,1,4-12H2,2-3H3/t15-,16+,17-,18+,19+,20-,21?,22+,23-,24+/m0/s1. The second kappa shape index (κ2) is 5.28. The Kier molecular flexibility index (Phi) is 3.23. The van der Waals surface area contributed by atoms with E-state index >= 15 is 0 Å². The van der Waals surface area contributed by atoms with Crippen LogP contribution >= 0.6 is 0 Å². The molecule has 4 heterocycles. The van der Waals surface area contributed by atoms with Gasteiger partial charge in [-0.3, -0.25) is 4.79 Å². The molecule has 0 aromatic heterocycles. The number of fused-ring (bicyclic) bond motifs is 4. The monoisotopic (exact) mass is 399 g/mol.